The van der Waals surface area contributed by atoms with Crippen molar-refractivity contribution in [2.24, 2.45) is 11.8 Å². The molecule has 0 bridgehead atoms. The van der Waals surface area contributed by atoms with Gasteiger partial charge in [-0.15, -0.1) is 11.3 Å². The molecule has 1 unspecified atom stereocenters. The Bertz CT molecular complexity index is 679. The van der Waals surface area contributed by atoms with E-state index in [9.17, 15) is 9.90 Å². The second-order valence-corrected chi connectivity index (χ2v) is 8.73. The van der Waals surface area contributed by atoms with E-state index >= 15 is 0 Å². The van der Waals surface area contributed by atoms with Gasteiger partial charge in [-0.05, 0) is 50.7 Å². The molecule has 2 fully saturated rings. The first-order valence-corrected chi connectivity index (χ1v) is 10.9. The van der Waals surface area contributed by atoms with E-state index in [-0.39, 0.29) is 42.8 Å². The predicted molar refractivity (Wildman–Crippen MR) is 106 cm³/mol. The molecule has 1 aromatic rings. The molecule has 0 aromatic carbocycles. The topological polar surface area (TPSA) is 69.3 Å². The van der Waals surface area contributed by atoms with E-state index in [0.717, 1.165) is 50.0 Å². The van der Waals surface area contributed by atoms with E-state index in [1.165, 1.54) is 18.4 Å². The molecule has 0 amide bonds. The highest BCUT2D eigenvalue weighted by atomic mass is 32.1. The minimum Gasteiger partial charge on any atom is -0.465 e. The Morgan fingerprint density at radius 1 is 1.39 bits per heavy atom. The van der Waals surface area contributed by atoms with E-state index in [4.69, 9.17) is 20.8 Å². The minimum absolute atomic E-state index is 0.0152. The van der Waals surface area contributed by atoms with Crippen molar-refractivity contribution in [3.8, 4) is 0 Å². The zero-order valence-corrected chi connectivity index (χ0v) is 17.2. The Morgan fingerprint density at radius 3 is 2.93 bits per heavy atom. The highest BCUT2D eigenvalue weighted by molar-refractivity contribution is 7.13. The molecule has 28 heavy (non-hydrogen) atoms. The molecule has 154 valence electrons. The summed E-state index contributed by atoms with van der Waals surface area (Å²) >= 11 is 1.46. The van der Waals surface area contributed by atoms with Crippen LogP contribution in [0.4, 0.5) is 0 Å². The van der Waals surface area contributed by atoms with Gasteiger partial charge in [-0.1, -0.05) is 0 Å². The number of ether oxygens (including phenoxy) is 3. The van der Waals surface area contributed by atoms with Gasteiger partial charge in [0.15, 0.2) is 6.29 Å². The Morgan fingerprint density at radius 2 is 2.25 bits per heavy atom. The smallest absolute Gasteiger partial charge is 0.348 e. The number of aliphatic hydroxyl groups is 1. The number of methoxy groups -OCH3 is 1. The van der Waals surface area contributed by atoms with Crippen LogP contribution in [0.5, 0.6) is 0 Å². The first-order chi connectivity index (χ1) is 13.7. The standard InChI is InChI=1S/C21H29NO5S/c1-22-17-12-18(27-20-8-3-4-11-26-20)16(13-23)15(17)7-5-6-14-9-10-19(28-14)21(24)25-2/h9-10,15-18,20,23H,3-8,11-13H2,2H3/t15-,16-,17-,18-,20?/m1/s1. The van der Waals surface area contributed by atoms with Gasteiger partial charge in [0.05, 0.1) is 13.2 Å². The number of thiophene rings is 1. The molecule has 0 spiro atoms. The number of carbonyl (C=O) groups is 1. The second kappa shape index (κ2) is 10.4. The van der Waals surface area contributed by atoms with Crippen LogP contribution in [0, 0.1) is 18.4 Å². The lowest BCUT2D eigenvalue weighted by molar-refractivity contribution is -0.197. The fraction of sp³-hybridized carbons (Fsp3) is 0.714. The fourth-order valence-electron chi connectivity index (χ4n) is 4.36. The maximum Gasteiger partial charge on any atom is 0.348 e. The molecule has 7 heteroatoms. The number of aryl methyl sites for hydroxylation is 1. The van der Waals surface area contributed by atoms with Crippen LogP contribution in [0.15, 0.2) is 12.1 Å². The van der Waals surface area contributed by atoms with Crippen LogP contribution < -0.4 is 0 Å². The summed E-state index contributed by atoms with van der Waals surface area (Å²) in [6.45, 7) is 8.35. The number of hydrogen-bond donors (Lipinski definition) is 1. The average molecular weight is 408 g/mol. The maximum atomic E-state index is 11.6. The molecule has 1 saturated carbocycles. The lowest BCUT2D eigenvalue weighted by Gasteiger charge is -2.29. The zero-order valence-electron chi connectivity index (χ0n) is 16.3. The SMILES string of the molecule is [C-]#[N+][C@@H]1C[C@@H](OC2CCCCO2)[C@H](CO)[C@H]1CCCc1ccc(C(=O)OC)s1. The molecular weight excluding hydrogens is 378 g/mol. The van der Waals surface area contributed by atoms with Crippen LogP contribution in [-0.2, 0) is 20.6 Å². The normalized spacial score (nSPS) is 30.1. The molecule has 1 aromatic heterocycles. The van der Waals surface area contributed by atoms with Gasteiger partial charge in [0.25, 0.3) is 0 Å². The van der Waals surface area contributed by atoms with Gasteiger partial charge in [0, 0.05) is 36.3 Å². The molecule has 1 aliphatic carbocycles. The van der Waals surface area contributed by atoms with Crippen LogP contribution in [0.25, 0.3) is 4.85 Å². The number of esters is 1. The van der Waals surface area contributed by atoms with Crippen molar-refractivity contribution in [2.45, 2.75) is 63.4 Å². The van der Waals surface area contributed by atoms with Gasteiger partial charge in [0.2, 0.25) is 6.04 Å². The van der Waals surface area contributed by atoms with Crippen molar-refractivity contribution in [1.82, 2.24) is 0 Å². The Kier molecular flexibility index (Phi) is 7.86. The summed E-state index contributed by atoms with van der Waals surface area (Å²) in [5.41, 5.74) is 0. The number of aliphatic hydroxyl groups excluding tert-OH is 1. The Labute approximate surface area is 170 Å². The minimum atomic E-state index is -0.301. The van der Waals surface area contributed by atoms with Crippen molar-refractivity contribution in [3.05, 3.63) is 33.3 Å². The lowest BCUT2D eigenvalue weighted by atomic mass is 9.88. The van der Waals surface area contributed by atoms with Gasteiger partial charge in [-0.3, -0.25) is 0 Å². The van der Waals surface area contributed by atoms with Crippen LogP contribution >= 0.6 is 11.3 Å². The zero-order chi connectivity index (χ0) is 19.9. The van der Waals surface area contributed by atoms with Gasteiger partial charge >= 0.3 is 5.97 Å². The monoisotopic (exact) mass is 407 g/mol. The summed E-state index contributed by atoms with van der Waals surface area (Å²) in [4.78, 5) is 17.2. The number of rotatable bonds is 8. The summed E-state index contributed by atoms with van der Waals surface area (Å²) in [7, 11) is 1.39. The summed E-state index contributed by atoms with van der Waals surface area (Å²) in [5.74, 6) is -0.180. The van der Waals surface area contributed by atoms with Crippen molar-refractivity contribution < 1.29 is 24.1 Å². The molecule has 2 heterocycles. The third-order valence-electron chi connectivity index (χ3n) is 5.85. The highest BCUT2D eigenvalue weighted by Crippen LogP contribution is 2.40. The van der Waals surface area contributed by atoms with Gasteiger partial charge in [0.1, 0.15) is 4.88 Å². The second-order valence-electron chi connectivity index (χ2n) is 7.56. The number of hydrogen-bond acceptors (Lipinski definition) is 6. The average Bonchev–Trinajstić information content (AvgIpc) is 3.33. The maximum absolute atomic E-state index is 11.6. The van der Waals surface area contributed by atoms with E-state index in [1.54, 1.807) is 6.07 Å². The van der Waals surface area contributed by atoms with Crippen molar-refractivity contribution in [3.63, 3.8) is 0 Å². The van der Waals surface area contributed by atoms with Crippen molar-refractivity contribution >= 4 is 17.3 Å². The fourth-order valence-corrected chi connectivity index (χ4v) is 5.33. The molecule has 1 aliphatic heterocycles. The number of carbonyl (C=O) groups excluding carboxylic acids is 1. The third-order valence-corrected chi connectivity index (χ3v) is 6.97. The molecule has 5 atom stereocenters. The summed E-state index contributed by atoms with van der Waals surface area (Å²) in [6, 6.07) is 3.65. The third kappa shape index (κ3) is 5.12. The molecule has 6 nitrogen and oxygen atoms in total. The lowest BCUT2D eigenvalue weighted by Crippen LogP contribution is -2.33. The number of nitrogens with zero attached hydrogens (tertiary/aromatic N) is 1. The van der Waals surface area contributed by atoms with Gasteiger partial charge in [-0.2, -0.15) is 0 Å². The highest BCUT2D eigenvalue weighted by Gasteiger charge is 2.48. The van der Waals surface area contributed by atoms with E-state index in [2.05, 4.69) is 4.85 Å². The van der Waals surface area contributed by atoms with Crippen LogP contribution in [0.1, 0.15) is 53.1 Å². The summed E-state index contributed by atoms with van der Waals surface area (Å²) in [6.07, 6.45) is 6.08. The quantitative estimate of drug-likeness (QED) is 0.526. The van der Waals surface area contributed by atoms with Gasteiger partial charge in [-0.25, -0.2) is 11.4 Å². The Hall–Kier alpha value is -1.46. The Balaban J connectivity index is 1.54. The van der Waals surface area contributed by atoms with Gasteiger partial charge < -0.3 is 24.2 Å². The first kappa shape index (κ1) is 21.3. The van der Waals surface area contributed by atoms with Crippen LogP contribution in [0.2, 0.25) is 0 Å². The largest absolute Gasteiger partial charge is 0.465 e. The summed E-state index contributed by atoms with van der Waals surface area (Å²) in [5, 5.41) is 9.98. The molecule has 1 N–H and O–H groups in total. The molecule has 3 rings (SSSR count). The van der Waals surface area contributed by atoms with Crippen molar-refractivity contribution in [1.29, 1.82) is 0 Å². The van der Waals surface area contributed by atoms with Crippen LogP contribution in [0.3, 0.4) is 0 Å². The molecule has 0 radical (unpaired) electrons. The molecule has 1 saturated heterocycles. The summed E-state index contributed by atoms with van der Waals surface area (Å²) < 4.78 is 16.6. The molecular formula is C21H29NO5S. The van der Waals surface area contributed by atoms with E-state index in [1.807, 2.05) is 6.07 Å². The predicted octanol–water partition coefficient (Wildman–Crippen LogP) is 3.69. The van der Waals surface area contributed by atoms with Crippen molar-refractivity contribution in [2.75, 3.05) is 20.3 Å². The molecule has 2 aliphatic rings. The van der Waals surface area contributed by atoms with E-state index in [0.29, 0.717) is 11.3 Å². The van der Waals surface area contributed by atoms with Crippen LogP contribution in [-0.4, -0.2) is 49.8 Å². The van der Waals surface area contributed by atoms with E-state index < -0.39 is 0 Å². The first-order valence-electron chi connectivity index (χ1n) is 10.1.